The molecule has 238 valence electrons. The molecule has 0 bridgehead atoms. The number of carbonyl (C=O) groups excluding carboxylic acids is 1. The number of hydrogen-bond donors (Lipinski definition) is 6. The first-order chi connectivity index (χ1) is 21.3. The molecule has 0 unspecified atom stereocenters. The molecule has 4 rings (SSSR count). The van der Waals surface area contributed by atoms with Gasteiger partial charge in [0.25, 0.3) is 6.47 Å². The number of rotatable bonds is 7. The summed E-state index contributed by atoms with van der Waals surface area (Å²) in [5, 5.41) is 49.1. The van der Waals surface area contributed by atoms with Gasteiger partial charge in [-0.15, -0.1) is 0 Å². The van der Waals surface area contributed by atoms with Crippen LogP contribution >= 0.6 is 0 Å². The fourth-order valence-corrected chi connectivity index (χ4v) is 3.61. The first-order valence-electron chi connectivity index (χ1n) is 12.8. The van der Waals surface area contributed by atoms with Gasteiger partial charge in [-0.1, -0.05) is 60.7 Å². The Morgan fingerprint density at radius 1 is 0.851 bits per heavy atom. The van der Waals surface area contributed by atoms with Crippen molar-refractivity contribution in [3.8, 4) is 0 Å². The number of nitrogens with two attached hydrogens (primary N) is 1. The van der Waals surface area contributed by atoms with Crippen LogP contribution < -0.4 is 119 Å². The number of carboxylic acids is 2. The average molecular weight is 701 g/mol. The zero-order valence-corrected chi connectivity index (χ0v) is 32.2. The summed E-state index contributed by atoms with van der Waals surface area (Å²) in [4.78, 5) is 39.0. The number of hydrogen-bond acceptors (Lipinski definition) is 9. The first-order valence-corrected chi connectivity index (χ1v) is 12.8. The number of nitrogens with zero attached hydrogens (tertiary/aromatic N) is 2. The van der Waals surface area contributed by atoms with Crippen molar-refractivity contribution in [1.82, 2.24) is 0 Å². The van der Waals surface area contributed by atoms with E-state index in [4.69, 9.17) is 44.2 Å². The second kappa shape index (κ2) is 24.7. The second-order valence-electron chi connectivity index (χ2n) is 9.01. The third kappa shape index (κ3) is 15.2. The first kappa shape index (κ1) is 46.8. The van der Waals surface area contributed by atoms with Crippen molar-refractivity contribution in [2.45, 2.75) is 38.1 Å². The summed E-state index contributed by atoms with van der Waals surface area (Å²) in [7, 11) is 0. The molecular weight excluding hydrogens is 670 g/mol. The topological polar surface area (TPSA) is 211 Å². The minimum atomic E-state index is -1.18. The maximum absolute atomic E-state index is 13.2. The maximum atomic E-state index is 13.2. The van der Waals surface area contributed by atoms with Crippen molar-refractivity contribution in [2.75, 3.05) is 5.32 Å². The Balaban J connectivity index is -0.000000627. The Labute approximate surface area is 356 Å². The van der Waals surface area contributed by atoms with E-state index in [1.807, 2.05) is 24.3 Å². The molecule has 0 heterocycles. The largest absolute Gasteiger partial charge is 1.00 e. The Hall–Kier alpha value is -2.37. The van der Waals surface area contributed by atoms with E-state index >= 15 is 0 Å². The summed E-state index contributed by atoms with van der Waals surface area (Å²) >= 11 is 0. The van der Waals surface area contributed by atoms with Gasteiger partial charge in [0, 0.05) is 11.1 Å². The second-order valence-corrected chi connectivity index (χ2v) is 9.01. The van der Waals surface area contributed by atoms with Gasteiger partial charge in [0.05, 0.1) is 25.4 Å². The minimum absolute atomic E-state index is 0. The predicted octanol–water partition coefficient (Wildman–Crippen LogP) is -2.50. The van der Waals surface area contributed by atoms with Crippen LogP contribution in [0.1, 0.15) is 15.3 Å². The Kier molecular flexibility index (Phi) is 24.6. The monoisotopic (exact) mass is 700 g/mol. The molecule has 0 saturated carbocycles. The summed E-state index contributed by atoms with van der Waals surface area (Å²) in [5.74, 6) is -2.58. The van der Waals surface area contributed by atoms with E-state index in [0.717, 1.165) is 10.8 Å². The molecule has 7 N–H and O–H groups in total. The number of aliphatic hydroxyl groups excluding tert-OH is 2. The third-order valence-corrected chi connectivity index (χ3v) is 5.89. The summed E-state index contributed by atoms with van der Waals surface area (Å²) < 4.78 is 13.2. The van der Waals surface area contributed by atoms with Gasteiger partial charge in [0.15, 0.2) is 17.4 Å². The van der Waals surface area contributed by atoms with E-state index in [1.165, 1.54) is 26.0 Å². The van der Waals surface area contributed by atoms with Crippen LogP contribution in [-0.2, 0) is 19.3 Å². The Morgan fingerprint density at radius 3 is 1.64 bits per heavy atom. The van der Waals surface area contributed by atoms with Crippen LogP contribution in [-0.4, -0.2) is 63.1 Å². The molecule has 0 aliphatic rings. The zero-order chi connectivity index (χ0) is 34.1. The van der Waals surface area contributed by atoms with Crippen LogP contribution in [0.4, 0.5) is 21.5 Å². The quantitative estimate of drug-likeness (QED) is 0.0390. The number of benzene rings is 4. The summed E-state index contributed by atoms with van der Waals surface area (Å²) in [6, 6.07) is 18.1. The van der Waals surface area contributed by atoms with E-state index in [-0.39, 0.29) is 116 Å². The number of fused-ring (bicyclic) bond motifs is 2. The van der Waals surface area contributed by atoms with Crippen molar-refractivity contribution in [1.29, 1.82) is 0 Å². The Morgan fingerprint density at radius 2 is 1.28 bits per heavy atom. The number of aliphatic carboxylic acids is 2. The molecule has 47 heavy (non-hydrogen) atoms. The summed E-state index contributed by atoms with van der Waals surface area (Å²) in [5.41, 5.74) is 6.50. The predicted molar refractivity (Wildman–Crippen MR) is 163 cm³/mol. The standard InChI is InChI=1S/C15H14N2O3.C11H6FN.C4H9NO3.CH2O3.2K.H/c1-9(18)14(15(19)20)17-13-8-7-12(16-2)10-5-3-4-6-11(10)13;1-13-11-7-6-10(12)8-4-2-3-5-9(8)11;1-2(6)3(5)4(7)8;2-1-4-3;;;/h3-9,14,17-18H,1H3,(H,19,20);2-7H;2-3,6H,5H2,1H3,(H,7,8);1,3H;;;/q;;;;2*+1;-1/p-1/t9-,14+;;2-,3+;;;;/m0.0..../s1. The van der Waals surface area contributed by atoms with Crippen molar-refractivity contribution >= 4 is 57.0 Å². The number of aliphatic hydroxyl groups is 2. The van der Waals surface area contributed by atoms with Gasteiger partial charge in [-0.2, -0.15) is 0 Å². The van der Waals surface area contributed by atoms with Crippen molar-refractivity contribution < 1.29 is 154 Å². The van der Waals surface area contributed by atoms with E-state index in [9.17, 15) is 19.1 Å². The molecule has 0 aliphatic carbocycles. The van der Waals surface area contributed by atoms with Crippen molar-refractivity contribution in [3.05, 3.63) is 101 Å². The molecule has 0 aliphatic heterocycles. The van der Waals surface area contributed by atoms with Crippen LogP contribution in [0.3, 0.4) is 0 Å². The van der Waals surface area contributed by atoms with Crippen LogP contribution in [0, 0.1) is 19.0 Å². The fourth-order valence-electron chi connectivity index (χ4n) is 3.61. The molecule has 0 fully saturated rings. The average Bonchev–Trinajstić information content (AvgIpc) is 3.03. The number of halogens is 1. The molecule has 4 aromatic carbocycles. The van der Waals surface area contributed by atoms with Gasteiger partial charge < -0.3 is 43.0 Å². The van der Waals surface area contributed by atoms with Crippen LogP contribution in [0.2, 0.25) is 0 Å². The van der Waals surface area contributed by atoms with E-state index in [1.54, 1.807) is 36.4 Å². The van der Waals surface area contributed by atoms with E-state index < -0.39 is 36.2 Å². The molecule has 0 saturated heterocycles. The summed E-state index contributed by atoms with van der Waals surface area (Å²) in [6.45, 7) is 16.6. The van der Waals surface area contributed by atoms with Gasteiger partial charge in [-0.25, -0.2) is 18.9 Å². The fraction of sp³-hybridized carbons (Fsp3) is 0.194. The normalized spacial score (nSPS) is 11.9. The maximum Gasteiger partial charge on any atom is 1.00 e. The van der Waals surface area contributed by atoms with E-state index in [0.29, 0.717) is 27.8 Å². The molecule has 4 aromatic rings. The van der Waals surface area contributed by atoms with Crippen molar-refractivity contribution in [2.24, 2.45) is 5.73 Å². The molecule has 0 spiro atoms. The molecular formula is C31H31FK2N4O9. The number of carboxylic acid groups (broad SMARTS) is 2. The van der Waals surface area contributed by atoms with E-state index in [2.05, 4.69) is 19.9 Å². The molecule has 0 radical (unpaired) electrons. The van der Waals surface area contributed by atoms with Crippen LogP contribution in [0.15, 0.2) is 72.8 Å². The van der Waals surface area contributed by atoms with Gasteiger partial charge in [-0.3, -0.25) is 9.59 Å². The SMILES string of the molecule is C[C@H](O)[C@@H](N)C(=O)O.O=CO[O-].[C-]#[N+]c1ccc(F)c2ccccc12.[C-]#[N+]c1ccc(N[C@@H](C(=O)O)[C@H](C)O)c2ccccc12.[H-].[K+].[K+]. The minimum Gasteiger partial charge on any atom is -1.00 e. The van der Waals surface area contributed by atoms with Gasteiger partial charge in [0.2, 0.25) is 0 Å². The number of anilines is 1. The molecule has 4 atom stereocenters. The number of carbonyl (C=O) groups is 3. The van der Waals surface area contributed by atoms with Gasteiger partial charge in [0.1, 0.15) is 11.9 Å². The van der Waals surface area contributed by atoms with Gasteiger partial charge >= 0.3 is 115 Å². The third-order valence-electron chi connectivity index (χ3n) is 5.89. The number of nitrogens with one attached hydrogen (secondary N) is 1. The molecule has 16 heteroatoms. The van der Waals surface area contributed by atoms with Crippen molar-refractivity contribution in [3.63, 3.8) is 0 Å². The molecule has 13 nitrogen and oxygen atoms in total. The van der Waals surface area contributed by atoms with Crippen LogP contribution in [0.25, 0.3) is 31.2 Å². The zero-order valence-electron chi connectivity index (χ0n) is 27.0. The van der Waals surface area contributed by atoms with Crippen LogP contribution in [0.5, 0.6) is 0 Å². The summed E-state index contributed by atoms with van der Waals surface area (Å²) in [6.07, 6.45) is -2.01. The molecule has 0 amide bonds. The Bertz CT molecular complexity index is 1700. The smallest absolute Gasteiger partial charge is 1.00 e. The molecule has 0 aromatic heterocycles. The van der Waals surface area contributed by atoms with Gasteiger partial charge in [-0.05, 0) is 42.1 Å².